The number of nitrogen functional groups attached to an aromatic ring is 1. The van der Waals surface area contributed by atoms with Crippen molar-refractivity contribution < 1.29 is 4.39 Å². The molecule has 0 saturated carbocycles. The van der Waals surface area contributed by atoms with Crippen molar-refractivity contribution in [1.82, 2.24) is 4.98 Å². The molecular weight excluding hydrogens is 283 g/mol. The van der Waals surface area contributed by atoms with Crippen molar-refractivity contribution in [3.63, 3.8) is 0 Å². The summed E-state index contributed by atoms with van der Waals surface area (Å²) >= 11 is 1.40. The molecule has 0 fully saturated rings. The van der Waals surface area contributed by atoms with Crippen LogP contribution in [0.3, 0.4) is 0 Å². The number of anilines is 1. The molecule has 1 unspecified atom stereocenters. The molecule has 0 bridgehead atoms. The lowest BCUT2D eigenvalue weighted by Gasteiger charge is -2.11. The van der Waals surface area contributed by atoms with Crippen LogP contribution >= 0.6 is 11.3 Å². The predicted octanol–water partition coefficient (Wildman–Crippen LogP) is 4.68. The molecule has 1 atom stereocenters. The van der Waals surface area contributed by atoms with Gasteiger partial charge in [0.25, 0.3) is 0 Å². The molecule has 2 N–H and O–H groups in total. The molecule has 106 valence electrons. The Labute approximate surface area is 127 Å². The highest BCUT2D eigenvalue weighted by atomic mass is 32.1. The van der Waals surface area contributed by atoms with Crippen LogP contribution in [0.5, 0.6) is 0 Å². The van der Waals surface area contributed by atoms with Gasteiger partial charge >= 0.3 is 0 Å². The molecule has 0 aliphatic rings. The zero-order valence-electron chi connectivity index (χ0n) is 11.6. The topological polar surface area (TPSA) is 38.9 Å². The lowest BCUT2D eigenvalue weighted by molar-refractivity contribution is 0.627. The van der Waals surface area contributed by atoms with E-state index in [1.54, 1.807) is 6.07 Å². The summed E-state index contributed by atoms with van der Waals surface area (Å²) in [5.74, 6) is -0.188. The maximum atomic E-state index is 14.4. The largest absolute Gasteiger partial charge is 0.375 e. The van der Waals surface area contributed by atoms with Crippen molar-refractivity contribution in [3.05, 3.63) is 71.0 Å². The first-order valence-electron chi connectivity index (χ1n) is 6.71. The van der Waals surface area contributed by atoms with E-state index in [9.17, 15) is 4.39 Å². The minimum atomic E-state index is -0.214. The van der Waals surface area contributed by atoms with Crippen LogP contribution < -0.4 is 5.73 Å². The van der Waals surface area contributed by atoms with Gasteiger partial charge in [-0.25, -0.2) is 9.37 Å². The van der Waals surface area contributed by atoms with Gasteiger partial charge in [0.2, 0.25) is 0 Å². The van der Waals surface area contributed by atoms with E-state index in [4.69, 9.17) is 5.73 Å². The highest BCUT2D eigenvalue weighted by molar-refractivity contribution is 7.13. The van der Waals surface area contributed by atoms with Gasteiger partial charge in [-0.2, -0.15) is 0 Å². The molecule has 0 amide bonds. The van der Waals surface area contributed by atoms with Crippen molar-refractivity contribution >= 4 is 16.5 Å². The Morgan fingerprint density at radius 1 is 1.14 bits per heavy atom. The molecule has 0 saturated heterocycles. The van der Waals surface area contributed by atoms with Crippen LogP contribution in [0.4, 0.5) is 9.52 Å². The van der Waals surface area contributed by atoms with E-state index >= 15 is 0 Å². The Balaban J connectivity index is 1.94. The van der Waals surface area contributed by atoms with Crippen LogP contribution in [0.25, 0.3) is 11.1 Å². The van der Waals surface area contributed by atoms with Crippen molar-refractivity contribution in [2.24, 2.45) is 0 Å². The fourth-order valence-electron chi connectivity index (χ4n) is 2.32. The molecule has 2 aromatic carbocycles. The van der Waals surface area contributed by atoms with E-state index in [1.807, 2.05) is 54.8 Å². The SMILES string of the molecule is CC(c1ccc(-c2ccccc2)c(F)c1)c1csc(N)n1. The van der Waals surface area contributed by atoms with Gasteiger partial charge in [-0.1, -0.05) is 49.4 Å². The summed E-state index contributed by atoms with van der Waals surface area (Å²) in [7, 11) is 0. The van der Waals surface area contributed by atoms with Gasteiger partial charge in [0.1, 0.15) is 5.82 Å². The number of benzene rings is 2. The molecule has 3 aromatic rings. The summed E-state index contributed by atoms with van der Waals surface area (Å²) in [4.78, 5) is 4.27. The second-order valence-corrected chi connectivity index (χ2v) is 5.83. The van der Waals surface area contributed by atoms with E-state index < -0.39 is 0 Å². The van der Waals surface area contributed by atoms with E-state index in [2.05, 4.69) is 4.98 Å². The highest BCUT2D eigenvalue weighted by Gasteiger charge is 2.14. The molecule has 3 rings (SSSR count). The molecule has 0 radical (unpaired) electrons. The summed E-state index contributed by atoms with van der Waals surface area (Å²) in [5, 5.41) is 2.46. The van der Waals surface area contributed by atoms with Crippen LogP contribution in [0.2, 0.25) is 0 Å². The van der Waals surface area contributed by atoms with Gasteiger partial charge < -0.3 is 5.73 Å². The minimum Gasteiger partial charge on any atom is -0.375 e. The minimum absolute atomic E-state index is 0.0258. The molecule has 0 spiro atoms. The summed E-state index contributed by atoms with van der Waals surface area (Å²) in [6, 6.07) is 14.9. The number of nitrogens with two attached hydrogens (primary N) is 1. The zero-order valence-corrected chi connectivity index (χ0v) is 12.4. The summed E-state index contributed by atoms with van der Waals surface area (Å²) in [6.45, 7) is 2.01. The van der Waals surface area contributed by atoms with Crippen molar-refractivity contribution in [1.29, 1.82) is 0 Å². The number of hydrogen-bond acceptors (Lipinski definition) is 3. The molecule has 0 aliphatic heterocycles. The van der Waals surface area contributed by atoms with Gasteiger partial charge in [-0.05, 0) is 17.2 Å². The second kappa shape index (κ2) is 5.66. The number of aromatic nitrogens is 1. The Morgan fingerprint density at radius 2 is 1.90 bits per heavy atom. The Bertz CT molecular complexity index is 752. The van der Waals surface area contributed by atoms with Gasteiger partial charge in [-0.15, -0.1) is 11.3 Å². The third kappa shape index (κ3) is 2.81. The van der Waals surface area contributed by atoms with E-state index in [-0.39, 0.29) is 11.7 Å². The molecule has 0 aliphatic carbocycles. The van der Waals surface area contributed by atoms with E-state index in [1.165, 1.54) is 11.3 Å². The number of thiazole rings is 1. The number of halogens is 1. The molecule has 1 heterocycles. The van der Waals surface area contributed by atoms with E-state index in [0.29, 0.717) is 10.7 Å². The van der Waals surface area contributed by atoms with Crippen LogP contribution in [-0.2, 0) is 0 Å². The fraction of sp³-hybridized carbons (Fsp3) is 0.118. The quantitative estimate of drug-likeness (QED) is 0.762. The fourth-order valence-corrected chi connectivity index (χ4v) is 2.98. The highest BCUT2D eigenvalue weighted by Crippen LogP contribution is 2.30. The van der Waals surface area contributed by atoms with Crippen LogP contribution in [0.1, 0.15) is 24.1 Å². The first-order valence-corrected chi connectivity index (χ1v) is 7.59. The lowest BCUT2D eigenvalue weighted by atomic mass is 9.95. The van der Waals surface area contributed by atoms with Gasteiger partial charge in [-0.3, -0.25) is 0 Å². The molecule has 4 heteroatoms. The standard InChI is InChI=1S/C17H15FN2S/c1-11(16-10-21-17(19)20-16)13-7-8-14(15(18)9-13)12-5-3-2-4-6-12/h2-11H,1H3,(H2,19,20). The normalized spacial score (nSPS) is 12.3. The molecular formula is C17H15FN2S. The van der Waals surface area contributed by atoms with Crippen molar-refractivity contribution in [2.45, 2.75) is 12.8 Å². The smallest absolute Gasteiger partial charge is 0.180 e. The average Bonchev–Trinajstić information content (AvgIpc) is 2.94. The van der Waals surface area contributed by atoms with Crippen LogP contribution in [-0.4, -0.2) is 4.98 Å². The van der Waals surface area contributed by atoms with Crippen LogP contribution in [0.15, 0.2) is 53.9 Å². The van der Waals surface area contributed by atoms with Gasteiger partial charge in [0.15, 0.2) is 5.13 Å². The Kier molecular flexibility index (Phi) is 3.71. The predicted molar refractivity (Wildman–Crippen MR) is 85.9 cm³/mol. The maximum Gasteiger partial charge on any atom is 0.180 e. The zero-order chi connectivity index (χ0) is 14.8. The molecule has 21 heavy (non-hydrogen) atoms. The monoisotopic (exact) mass is 298 g/mol. The van der Waals surface area contributed by atoms with Gasteiger partial charge in [0.05, 0.1) is 5.69 Å². The summed E-state index contributed by atoms with van der Waals surface area (Å²) in [6.07, 6.45) is 0. The maximum absolute atomic E-state index is 14.4. The summed E-state index contributed by atoms with van der Waals surface area (Å²) < 4.78 is 14.4. The first kappa shape index (κ1) is 13.8. The van der Waals surface area contributed by atoms with Crippen molar-refractivity contribution in [2.75, 3.05) is 5.73 Å². The first-order chi connectivity index (χ1) is 10.1. The second-order valence-electron chi connectivity index (χ2n) is 4.94. The van der Waals surface area contributed by atoms with Gasteiger partial charge in [0, 0.05) is 16.9 Å². The Hall–Kier alpha value is -2.20. The number of rotatable bonds is 3. The third-order valence-corrected chi connectivity index (χ3v) is 4.25. The molecule has 2 nitrogen and oxygen atoms in total. The number of hydrogen-bond donors (Lipinski definition) is 1. The lowest BCUT2D eigenvalue weighted by Crippen LogP contribution is -1.98. The van der Waals surface area contributed by atoms with Crippen LogP contribution in [0, 0.1) is 5.82 Å². The number of nitrogens with zero attached hydrogens (tertiary/aromatic N) is 1. The third-order valence-electron chi connectivity index (χ3n) is 3.56. The average molecular weight is 298 g/mol. The van der Waals surface area contributed by atoms with Crippen molar-refractivity contribution in [3.8, 4) is 11.1 Å². The van der Waals surface area contributed by atoms with E-state index in [0.717, 1.165) is 16.8 Å². The summed E-state index contributed by atoms with van der Waals surface area (Å²) in [5.41, 5.74) is 8.93. The molecule has 1 aromatic heterocycles. The Morgan fingerprint density at radius 3 is 2.52 bits per heavy atom.